The second kappa shape index (κ2) is 10.2. The minimum absolute atomic E-state index is 0.0625. The van der Waals surface area contributed by atoms with Crippen LogP contribution in [-0.2, 0) is 16.4 Å². The van der Waals surface area contributed by atoms with Crippen molar-refractivity contribution < 1.29 is 17.9 Å². The summed E-state index contributed by atoms with van der Waals surface area (Å²) in [6.45, 7) is 2.48. The molecule has 158 valence electrons. The fourth-order valence-corrected chi connectivity index (χ4v) is 4.19. The summed E-state index contributed by atoms with van der Waals surface area (Å²) >= 11 is 6.18. The molecule has 0 atom stereocenters. The van der Waals surface area contributed by atoms with Gasteiger partial charge < -0.3 is 9.47 Å². The highest BCUT2D eigenvalue weighted by Gasteiger charge is 2.20. The first-order valence-corrected chi connectivity index (χ1v) is 11.4. The Hall–Kier alpha value is -3.27. The smallest absolute Gasteiger partial charge is 0.216 e. The van der Waals surface area contributed by atoms with Gasteiger partial charge in [0.05, 0.1) is 11.5 Å². The third kappa shape index (κ3) is 5.46. The molecule has 0 radical (unpaired) electrons. The Kier molecular flexibility index (Phi) is 7.35. The Labute approximate surface area is 187 Å². The normalized spacial score (nSPS) is 11.6. The molecule has 0 aromatic heterocycles. The molecule has 0 aliphatic rings. The molecule has 0 heterocycles. The Morgan fingerprint density at radius 3 is 2.39 bits per heavy atom. The maximum absolute atomic E-state index is 12.8. The zero-order chi connectivity index (χ0) is 22.3. The summed E-state index contributed by atoms with van der Waals surface area (Å²) in [6.07, 6.45) is 1.32. The third-order valence-electron chi connectivity index (χ3n) is 4.36. The highest BCUT2D eigenvalue weighted by Crippen LogP contribution is 2.31. The maximum atomic E-state index is 12.8. The van der Waals surface area contributed by atoms with Crippen LogP contribution in [0.25, 0.3) is 6.08 Å². The van der Waals surface area contributed by atoms with Crippen LogP contribution in [0.15, 0.2) is 82.6 Å². The highest BCUT2D eigenvalue weighted by molar-refractivity contribution is 7.95. The van der Waals surface area contributed by atoms with Crippen LogP contribution in [0.1, 0.15) is 18.1 Å². The molecule has 3 rings (SSSR count). The molecule has 0 aliphatic heterocycles. The lowest BCUT2D eigenvalue weighted by molar-refractivity contribution is 0.269. The van der Waals surface area contributed by atoms with Crippen molar-refractivity contribution in [1.29, 1.82) is 5.26 Å². The van der Waals surface area contributed by atoms with Gasteiger partial charge in [0.1, 0.15) is 17.6 Å². The summed E-state index contributed by atoms with van der Waals surface area (Å²) in [4.78, 5) is -0.293. The van der Waals surface area contributed by atoms with Crippen molar-refractivity contribution in [3.05, 3.63) is 93.9 Å². The van der Waals surface area contributed by atoms with Crippen molar-refractivity contribution in [2.45, 2.75) is 18.4 Å². The van der Waals surface area contributed by atoms with Crippen molar-refractivity contribution in [1.82, 2.24) is 0 Å². The van der Waals surface area contributed by atoms with Gasteiger partial charge in [0.15, 0.2) is 11.5 Å². The molecule has 0 bridgehead atoms. The van der Waals surface area contributed by atoms with Crippen LogP contribution in [0, 0.1) is 11.3 Å². The molecule has 0 fully saturated rings. The first kappa shape index (κ1) is 22.4. The molecular weight excluding hydrogens is 434 g/mol. The van der Waals surface area contributed by atoms with E-state index < -0.39 is 9.84 Å². The zero-order valence-corrected chi connectivity index (χ0v) is 18.4. The molecular formula is C24H20ClNO4S. The topological polar surface area (TPSA) is 76.4 Å². The Bertz CT molecular complexity index is 1230. The number of benzene rings is 3. The standard InChI is InChI=1S/C24H20ClNO4S/c1-2-29-24-15-18(12-13-23(24)30-17-19-8-6-7-11-22(19)25)14-21(16-26)31(27,28)20-9-4-3-5-10-20/h3-15H,2,17H2,1H3/b21-14+. The van der Waals surface area contributed by atoms with Gasteiger partial charge in [0, 0.05) is 10.6 Å². The molecule has 3 aromatic carbocycles. The number of sulfone groups is 1. The molecule has 0 saturated heterocycles. The number of nitrogens with zero attached hydrogens (tertiary/aromatic N) is 1. The van der Waals surface area contributed by atoms with Gasteiger partial charge in [0.2, 0.25) is 9.84 Å². The minimum Gasteiger partial charge on any atom is -0.490 e. The van der Waals surface area contributed by atoms with E-state index in [4.69, 9.17) is 21.1 Å². The third-order valence-corrected chi connectivity index (χ3v) is 6.41. The summed E-state index contributed by atoms with van der Waals surface area (Å²) in [6, 6.07) is 22.0. The SMILES string of the molecule is CCOc1cc(/C=C(\C#N)S(=O)(=O)c2ccccc2)ccc1OCc1ccccc1Cl. The Balaban J connectivity index is 1.90. The van der Waals surface area contributed by atoms with Gasteiger partial charge in [-0.15, -0.1) is 0 Å². The first-order valence-electron chi connectivity index (χ1n) is 9.50. The molecule has 0 unspecified atom stereocenters. The second-order valence-corrected chi connectivity index (χ2v) is 8.78. The van der Waals surface area contributed by atoms with Crippen LogP contribution in [-0.4, -0.2) is 15.0 Å². The van der Waals surface area contributed by atoms with Gasteiger partial charge in [-0.1, -0.05) is 54.1 Å². The average molecular weight is 454 g/mol. The number of nitriles is 1. The first-order chi connectivity index (χ1) is 15.0. The van der Waals surface area contributed by atoms with Crippen LogP contribution in [0.5, 0.6) is 11.5 Å². The Morgan fingerprint density at radius 2 is 1.71 bits per heavy atom. The van der Waals surface area contributed by atoms with Crippen molar-refractivity contribution >= 4 is 27.5 Å². The molecule has 31 heavy (non-hydrogen) atoms. The molecule has 5 nitrogen and oxygen atoms in total. The van der Waals surface area contributed by atoms with Crippen LogP contribution in [0.2, 0.25) is 5.02 Å². The van der Waals surface area contributed by atoms with Crippen LogP contribution in [0.3, 0.4) is 0 Å². The van der Waals surface area contributed by atoms with Crippen LogP contribution >= 0.6 is 11.6 Å². The molecule has 7 heteroatoms. The molecule has 0 amide bonds. The van der Waals surface area contributed by atoms with Crippen LogP contribution in [0.4, 0.5) is 0 Å². The van der Waals surface area contributed by atoms with E-state index in [2.05, 4.69) is 0 Å². The Morgan fingerprint density at radius 1 is 1.00 bits per heavy atom. The zero-order valence-electron chi connectivity index (χ0n) is 16.8. The number of rotatable bonds is 8. The lowest BCUT2D eigenvalue weighted by atomic mass is 10.2. The molecule has 0 saturated carbocycles. The summed E-state index contributed by atoms with van der Waals surface area (Å²) in [7, 11) is -3.92. The summed E-state index contributed by atoms with van der Waals surface area (Å²) < 4.78 is 37.1. The summed E-state index contributed by atoms with van der Waals surface area (Å²) in [5.41, 5.74) is 1.33. The fourth-order valence-electron chi connectivity index (χ4n) is 2.82. The lowest BCUT2D eigenvalue weighted by Crippen LogP contribution is -2.03. The predicted octanol–water partition coefficient (Wildman–Crippen LogP) is 5.66. The largest absolute Gasteiger partial charge is 0.490 e. The monoisotopic (exact) mass is 453 g/mol. The van der Waals surface area contributed by atoms with E-state index in [9.17, 15) is 13.7 Å². The predicted molar refractivity (Wildman–Crippen MR) is 121 cm³/mol. The summed E-state index contributed by atoms with van der Waals surface area (Å²) in [5, 5.41) is 10.1. The number of allylic oxidation sites excluding steroid dienone is 1. The minimum atomic E-state index is -3.92. The quantitative estimate of drug-likeness (QED) is 0.411. The number of halogens is 1. The molecule has 0 N–H and O–H groups in total. The number of hydrogen-bond acceptors (Lipinski definition) is 5. The van der Waals surface area contributed by atoms with Crippen molar-refractivity contribution in [2.75, 3.05) is 6.61 Å². The van der Waals surface area contributed by atoms with E-state index >= 15 is 0 Å². The molecule has 0 spiro atoms. The average Bonchev–Trinajstić information content (AvgIpc) is 2.78. The van der Waals surface area contributed by atoms with E-state index in [1.807, 2.05) is 25.1 Å². The summed E-state index contributed by atoms with van der Waals surface area (Å²) in [5.74, 6) is 0.932. The van der Waals surface area contributed by atoms with Crippen molar-refractivity contribution in [3.8, 4) is 17.6 Å². The highest BCUT2D eigenvalue weighted by atomic mass is 35.5. The van der Waals surface area contributed by atoms with E-state index in [0.29, 0.717) is 28.7 Å². The lowest BCUT2D eigenvalue weighted by Gasteiger charge is -2.13. The van der Waals surface area contributed by atoms with E-state index in [-0.39, 0.29) is 16.4 Å². The van der Waals surface area contributed by atoms with E-state index in [1.54, 1.807) is 48.5 Å². The van der Waals surface area contributed by atoms with Crippen LogP contribution < -0.4 is 9.47 Å². The van der Waals surface area contributed by atoms with E-state index in [1.165, 1.54) is 18.2 Å². The van der Waals surface area contributed by atoms with Gasteiger partial charge in [-0.05, 0) is 48.9 Å². The second-order valence-electron chi connectivity index (χ2n) is 6.46. The maximum Gasteiger partial charge on any atom is 0.216 e. The molecule has 3 aromatic rings. The number of ether oxygens (including phenoxy) is 2. The van der Waals surface area contributed by atoms with Crippen molar-refractivity contribution in [3.63, 3.8) is 0 Å². The molecule has 0 aliphatic carbocycles. The van der Waals surface area contributed by atoms with E-state index in [0.717, 1.165) is 5.56 Å². The number of hydrogen-bond donors (Lipinski definition) is 0. The fraction of sp³-hybridized carbons (Fsp3) is 0.125. The van der Waals surface area contributed by atoms with Gasteiger partial charge >= 0.3 is 0 Å². The van der Waals surface area contributed by atoms with Crippen molar-refractivity contribution in [2.24, 2.45) is 0 Å². The van der Waals surface area contributed by atoms with Gasteiger partial charge in [0.25, 0.3) is 0 Å². The van der Waals surface area contributed by atoms with Gasteiger partial charge in [-0.3, -0.25) is 0 Å². The van der Waals surface area contributed by atoms with Gasteiger partial charge in [-0.2, -0.15) is 5.26 Å². The van der Waals surface area contributed by atoms with Gasteiger partial charge in [-0.25, -0.2) is 8.42 Å².